The maximum atomic E-state index is 14.4. The van der Waals surface area contributed by atoms with E-state index < -0.39 is 29.1 Å². The Labute approximate surface area is 305 Å². The molecule has 2 saturated heterocycles. The molecule has 4 aromatic rings. The Kier molecular flexibility index (Phi) is 9.39. The number of likely N-dealkylation sites (N-methyl/N-ethyl adjacent to an activating group) is 1. The first-order valence-electron chi connectivity index (χ1n) is 17.0. The molecular weight excluding hydrogens is 721 g/mol. The molecule has 280 valence electrons. The third-order valence-electron chi connectivity index (χ3n) is 9.60. The summed E-state index contributed by atoms with van der Waals surface area (Å²) >= 11 is 6.15. The molecule has 0 spiro atoms. The molecule has 3 aromatic heterocycles. The number of nitrogens with one attached hydrogen (secondary N) is 1. The molecule has 53 heavy (non-hydrogen) atoms. The standard InChI is InChI=1S/C33H36ClF3N12O4/c1-4-23-27(44-12-14-45(15-13-44)29(52)26-28(51)19(2)38-18-39-26)30(53)49-32(41-31(42-49)46-9-5-10-48-25(46)8-11-43(48)3)47(23)17-24(50)40-22-7-6-20(16-21(22)34)33(35,36)37/h6-8,16,18,51H,4-5,9-15,17H2,1-3H3,(H,40,50). The highest BCUT2D eigenvalue weighted by Gasteiger charge is 2.35. The number of piperazine rings is 1. The zero-order valence-corrected chi connectivity index (χ0v) is 29.8. The molecule has 2 N–H and O–H groups in total. The molecule has 6 heterocycles. The predicted octanol–water partition coefficient (Wildman–Crippen LogP) is 2.74. The van der Waals surface area contributed by atoms with Gasteiger partial charge >= 0.3 is 6.18 Å². The van der Waals surface area contributed by atoms with Crippen LogP contribution in [0.3, 0.4) is 0 Å². The summed E-state index contributed by atoms with van der Waals surface area (Å²) in [7, 11) is 1.97. The number of alkyl halides is 3. The van der Waals surface area contributed by atoms with E-state index in [9.17, 15) is 32.7 Å². The molecule has 0 atom stereocenters. The minimum atomic E-state index is -4.61. The van der Waals surface area contributed by atoms with Crippen molar-refractivity contribution in [2.75, 3.05) is 68.0 Å². The van der Waals surface area contributed by atoms with E-state index in [1.54, 1.807) is 11.5 Å². The third kappa shape index (κ3) is 6.58. The van der Waals surface area contributed by atoms with Crippen molar-refractivity contribution in [1.82, 2.24) is 44.1 Å². The zero-order chi connectivity index (χ0) is 37.8. The molecule has 3 aliphatic heterocycles. The van der Waals surface area contributed by atoms with Crippen LogP contribution in [0.25, 0.3) is 5.78 Å². The second-order valence-electron chi connectivity index (χ2n) is 12.9. The molecule has 0 unspecified atom stereocenters. The lowest BCUT2D eigenvalue weighted by atomic mass is 10.2. The van der Waals surface area contributed by atoms with Crippen molar-refractivity contribution in [3.63, 3.8) is 0 Å². The van der Waals surface area contributed by atoms with Crippen LogP contribution in [0.4, 0.5) is 30.5 Å². The van der Waals surface area contributed by atoms with E-state index in [2.05, 4.69) is 30.4 Å². The van der Waals surface area contributed by atoms with Gasteiger partial charge in [0.2, 0.25) is 11.7 Å². The van der Waals surface area contributed by atoms with Gasteiger partial charge in [-0.1, -0.05) is 18.5 Å². The molecule has 2 amide bonds. The van der Waals surface area contributed by atoms with Gasteiger partial charge < -0.3 is 24.8 Å². The number of aromatic nitrogens is 6. The third-order valence-corrected chi connectivity index (χ3v) is 9.91. The number of carbonyl (C=O) groups excluding carboxylic acids is 2. The number of hydrogen-bond acceptors (Lipinski definition) is 12. The minimum absolute atomic E-state index is 0.0152. The summed E-state index contributed by atoms with van der Waals surface area (Å²) in [6, 6.07) is 2.65. The number of rotatable bonds is 7. The van der Waals surface area contributed by atoms with Crippen LogP contribution in [-0.4, -0.2) is 114 Å². The van der Waals surface area contributed by atoms with Crippen LogP contribution >= 0.6 is 11.6 Å². The van der Waals surface area contributed by atoms with Crippen LogP contribution in [0.2, 0.25) is 5.02 Å². The fourth-order valence-corrected chi connectivity index (χ4v) is 7.12. The molecule has 3 aliphatic rings. The van der Waals surface area contributed by atoms with Gasteiger partial charge in [-0.2, -0.15) is 22.7 Å². The van der Waals surface area contributed by atoms with E-state index in [-0.39, 0.29) is 84.4 Å². The first-order chi connectivity index (χ1) is 25.3. The molecule has 20 heteroatoms. The van der Waals surface area contributed by atoms with Crippen molar-refractivity contribution < 1.29 is 27.9 Å². The lowest BCUT2D eigenvalue weighted by molar-refractivity contribution is -0.137. The average molecular weight is 757 g/mol. The molecular formula is C33H36ClF3N12O4. The van der Waals surface area contributed by atoms with E-state index in [4.69, 9.17) is 16.6 Å². The van der Waals surface area contributed by atoms with Gasteiger partial charge in [0, 0.05) is 52.9 Å². The van der Waals surface area contributed by atoms with E-state index in [0.29, 0.717) is 18.8 Å². The molecule has 1 aromatic carbocycles. The highest BCUT2D eigenvalue weighted by molar-refractivity contribution is 6.33. The van der Waals surface area contributed by atoms with E-state index in [1.165, 1.54) is 15.7 Å². The van der Waals surface area contributed by atoms with Gasteiger partial charge in [0.05, 0.1) is 27.7 Å². The van der Waals surface area contributed by atoms with Crippen molar-refractivity contribution in [3.8, 4) is 5.75 Å². The molecule has 0 saturated carbocycles. The molecule has 2 fully saturated rings. The highest BCUT2D eigenvalue weighted by atomic mass is 35.5. The van der Waals surface area contributed by atoms with Gasteiger partial charge in [-0.3, -0.25) is 24.3 Å². The second kappa shape index (κ2) is 13.8. The lowest BCUT2D eigenvalue weighted by Crippen LogP contribution is -2.51. The number of fused-ring (bicyclic) bond motifs is 2. The molecule has 7 rings (SSSR count). The second-order valence-corrected chi connectivity index (χ2v) is 13.3. The van der Waals surface area contributed by atoms with Gasteiger partial charge in [-0.25, -0.2) is 15.0 Å². The Morgan fingerprint density at radius 3 is 2.53 bits per heavy atom. The Morgan fingerprint density at radius 2 is 1.83 bits per heavy atom. The SMILES string of the molecule is CCc1c(N2CCN(C(=O)c3ncnc(C)c3O)CC2)c(=O)n2nc(N3CCCN4C3=CCN4C)nc2n1CC(=O)Nc1ccc(C(F)(F)F)cc1Cl. The van der Waals surface area contributed by atoms with E-state index >= 15 is 0 Å². The summed E-state index contributed by atoms with van der Waals surface area (Å²) in [5.74, 6) is -0.143. The number of halogens is 4. The first-order valence-corrected chi connectivity index (χ1v) is 17.3. The molecule has 0 radical (unpaired) electrons. The summed E-state index contributed by atoms with van der Waals surface area (Å²) in [6.45, 7) is 5.97. The van der Waals surface area contributed by atoms with Gasteiger partial charge in [0.15, 0.2) is 11.4 Å². The topological polar surface area (TPSA) is 161 Å². The smallest absolute Gasteiger partial charge is 0.416 e. The molecule has 0 bridgehead atoms. The van der Waals surface area contributed by atoms with Crippen LogP contribution < -0.4 is 20.7 Å². The number of anilines is 3. The normalized spacial score (nSPS) is 16.7. The molecule has 0 aliphatic carbocycles. The number of aryl methyl sites for hydroxylation is 1. The van der Waals surface area contributed by atoms with Crippen molar-refractivity contribution in [3.05, 3.63) is 74.4 Å². The van der Waals surface area contributed by atoms with Crippen LogP contribution in [-0.2, 0) is 23.9 Å². The summed E-state index contributed by atoms with van der Waals surface area (Å²) in [6.07, 6.45) is -0.266. The van der Waals surface area contributed by atoms with Gasteiger partial charge in [-0.15, -0.1) is 5.10 Å². The monoisotopic (exact) mass is 756 g/mol. The largest absolute Gasteiger partial charge is 0.504 e. The van der Waals surface area contributed by atoms with Crippen molar-refractivity contribution >= 4 is 46.5 Å². The fraction of sp³-hybridized carbons (Fsp3) is 0.424. The number of amides is 2. The van der Waals surface area contributed by atoms with Gasteiger partial charge in [0.1, 0.15) is 24.4 Å². The number of carbonyl (C=O) groups is 2. The van der Waals surface area contributed by atoms with Crippen LogP contribution in [0, 0.1) is 6.92 Å². The number of benzene rings is 1. The number of aromatic hydroxyl groups is 1. The van der Waals surface area contributed by atoms with Crippen molar-refractivity contribution in [2.24, 2.45) is 0 Å². The Balaban J connectivity index is 1.25. The van der Waals surface area contributed by atoms with E-state index in [1.807, 2.05) is 29.8 Å². The number of hydrazine groups is 1. The van der Waals surface area contributed by atoms with Gasteiger partial charge in [-0.05, 0) is 44.0 Å². The highest BCUT2D eigenvalue weighted by Crippen LogP contribution is 2.34. The number of hydrogen-bond donors (Lipinski definition) is 2. The van der Waals surface area contributed by atoms with Crippen molar-refractivity contribution in [1.29, 1.82) is 0 Å². The Morgan fingerprint density at radius 1 is 1.08 bits per heavy atom. The van der Waals surface area contributed by atoms with Crippen LogP contribution in [0.1, 0.15) is 40.8 Å². The first kappa shape index (κ1) is 36.0. The average Bonchev–Trinajstić information content (AvgIpc) is 3.75. The number of nitrogens with zero attached hydrogens (tertiary/aromatic N) is 11. The maximum Gasteiger partial charge on any atom is 0.416 e. The summed E-state index contributed by atoms with van der Waals surface area (Å²) in [4.78, 5) is 59.3. The van der Waals surface area contributed by atoms with E-state index in [0.717, 1.165) is 37.0 Å². The molecule has 16 nitrogen and oxygen atoms in total. The maximum absolute atomic E-state index is 14.4. The minimum Gasteiger partial charge on any atom is -0.504 e. The van der Waals surface area contributed by atoms with Crippen LogP contribution in [0.5, 0.6) is 5.75 Å². The predicted molar refractivity (Wildman–Crippen MR) is 188 cm³/mol. The summed E-state index contributed by atoms with van der Waals surface area (Å²) < 4.78 is 42.5. The fourth-order valence-electron chi connectivity index (χ4n) is 6.89. The van der Waals surface area contributed by atoms with Crippen molar-refractivity contribution in [2.45, 2.75) is 39.4 Å². The zero-order valence-electron chi connectivity index (χ0n) is 29.1. The van der Waals surface area contributed by atoms with Gasteiger partial charge in [0.25, 0.3) is 17.4 Å². The summed E-state index contributed by atoms with van der Waals surface area (Å²) in [5, 5.41) is 21.6. The van der Waals surface area contributed by atoms with Crippen LogP contribution in [0.15, 0.2) is 41.2 Å². The lowest BCUT2D eigenvalue weighted by Gasteiger charge is -2.38. The quantitative estimate of drug-likeness (QED) is 0.284. The summed E-state index contributed by atoms with van der Waals surface area (Å²) in [5.41, 5.74) is -0.537. The Hall–Kier alpha value is -5.43. The Bertz CT molecular complexity index is 2200.